The van der Waals surface area contributed by atoms with Crippen molar-refractivity contribution in [2.24, 2.45) is 0 Å². The molecule has 0 fully saturated rings. The van der Waals surface area contributed by atoms with Crippen molar-refractivity contribution in [3.63, 3.8) is 0 Å². The quantitative estimate of drug-likeness (QED) is 0.513. The van der Waals surface area contributed by atoms with Gasteiger partial charge < -0.3 is 4.74 Å². The highest BCUT2D eigenvalue weighted by atomic mass is 32.2. The highest BCUT2D eigenvalue weighted by Gasteiger charge is 2.04. The summed E-state index contributed by atoms with van der Waals surface area (Å²) in [5.74, 6) is 0.760. The molecule has 2 aromatic rings. The van der Waals surface area contributed by atoms with E-state index in [0.29, 0.717) is 19.1 Å². The highest BCUT2D eigenvalue weighted by Crippen LogP contribution is 2.16. The van der Waals surface area contributed by atoms with Gasteiger partial charge in [-0.25, -0.2) is 0 Å². The van der Waals surface area contributed by atoms with E-state index in [1.165, 1.54) is 11.1 Å². The molecule has 0 saturated heterocycles. The van der Waals surface area contributed by atoms with Gasteiger partial charge in [0.05, 0.1) is 25.7 Å². The molecule has 0 radical (unpaired) electrons. The van der Waals surface area contributed by atoms with E-state index in [9.17, 15) is 8.42 Å². The van der Waals surface area contributed by atoms with Gasteiger partial charge in [-0.1, -0.05) is 12.1 Å². The molecule has 2 rings (SSSR count). The van der Waals surface area contributed by atoms with E-state index in [4.69, 9.17) is 4.74 Å². The molecule has 0 aliphatic heterocycles. The Hall–Kier alpha value is -1.86. The van der Waals surface area contributed by atoms with Crippen LogP contribution in [-0.2, 0) is 20.7 Å². The van der Waals surface area contributed by atoms with Gasteiger partial charge in [0.15, 0.2) is 0 Å². The SMILES string of the molecule is CC(C)n1cc(Cc2ccc(OCCCOS(C)(=O)=O)cc2)cn1. The molecule has 6 nitrogen and oxygen atoms in total. The fraction of sp³-hybridized carbons (Fsp3) is 0.471. The zero-order valence-electron chi connectivity index (χ0n) is 14.3. The lowest BCUT2D eigenvalue weighted by molar-refractivity contribution is 0.252. The molecule has 0 amide bonds. The Labute approximate surface area is 143 Å². The van der Waals surface area contributed by atoms with Gasteiger partial charge in [0.25, 0.3) is 10.1 Å². The Morgan fingerprint density at radius 1 is 1.12 bits per heavy atom. The number of rotatable bonds is 9. The van der Waals surface area contributed by atoms with Crippen molar-refractivity contribution >= 4 is 10.1 Å². The number of benzene rings is 1. The van der Waals surface area contributed by atoms with Crippen molar-refractivity contribution in [3.8, 4) is 5.75 Å². The summed E-state index contributed by atoms with van der Waals surface area (Å²) < 4.78 is 33.8. The normalized spacial score (nSPS) is 11.8. The summed E-state index contributed by atoms with van der Waals surface area (Å²) in [5.41, 5.74) is 2.36. The van der Waals surface area contributed by atoms with Gasteiger partial charge in [0, 0.05) is 25.1 Å². The average Bonchev–Trinajstić information content (AvgIpc) is 2.96. The Morgan fingerprint density at radius 3 is 2.42 bits per heavy atom. The first-order valence-electron chi connectivity index (χ1n) is 7.92. The summed E-state index contributed by atoms with van der Waals surface area (Å²) in [6.07, 6.45) is 6.35. The monoisotopic (exact) mass is 352 g/mol. The first kappa shape index (κ1) is 18.5. The van der Waals surface area contributed by atoms with E-state index in [2.05, 4.69) is 29.3 Å². The molecule has 24 heavy (non-hydrogen) atoms. The molecule has 132 valence electrons. The van der Waals surface area contributed by atoms with E-state index in [-0.39, 0.29) is 6.61 Å². The smallest absolute Gasteiger partial charge is 0.264 e. The maximum absolute atomic E-state index is 10.8. The largest absolute Gasteiger partial charge is 0.494 e. The second kappa shape index (κ2) is 8.30. The third-order valence-corrected chi connectivity index (χ3v) is 3.97. The van der Waals surface area contributed by atoms with Crippen LogP contribution in [0.4, 0.5) is 0 Å². The van der Waals surface area contributed by atoms with Crippen LogP contribution in [0, 0.1) is 0 Å². The predicted octanol–water partition coefficient (Wildman–Crippen LogP) is 2.80. The number of nitrogens with zero attached hydrogens (tertiary/aromatic N) is 2. The van der Waals surface area contributed by atoms with Gasteiger partial charge in [0.1, 0.15) is 5.75 Å². The minimum atomic E-state index is -3.37. The molecule has 0 aliphatic carbocycles. The van der Waals surface area contributed by atoms with Crippen molar-refractivity contribution < 1.29 is 17.3 Å². The van der Waals surface area contributed by atoms with Gasteiger partial charge >= 0.3 is 0 Å². The zero-order chi connectivity index (χ0) is 17.6. The second-order valence-electron chi connectivity index (χ2n) is 5.97. The Balaban J connectivity index is 1.78. The molecule has 0 atom stereocenters. The molecule has 7 heteroatoms. The van der Waals surface area contributed by atoms with E-state index in [0.717, 1.165) is 18.4 Å². The van der Waals surface area contributed by atoms with Crippen LogP contribution in [0.1, 0.15) is 37.4 Å². The van der Waals surface area contributed by atoms with Gasteiger partial charge in [-0.15, -0.1) is 0 Å². The van der Waals surface area contributed by atoms with Crippen LogP contribution in [0.5, 0.6) is 5.75 Å². The lowest BCUT2D eigenvalue weighted by atomic mass is 10.1. The molecule has 0 aliphatic rings. The number of hydrogen-bond donors (Lipinski definition) is 0. The van der Waals surface area contributed by atoms with Crippen LogP contribution in [-0.4, -0.2) is 37.7 Å². The van der Waals surface area contributed by atoms with E-state index in [1.54, 1.807) is 0 Å². The third-order valence-electron chi connectivity index (χ3n) is 3.37. The Kier molecular flexibility index (Phi) is 6.39. The van der Waals surface area contributed by atoms with Crippen molar-refractivity contribution in [1.29, 1.82) is 0 Å². The van der Waals surface area contributed by atoms with Crippen molar-refractivity contribution in [1.82, 2.24) is 9.78 Å². The first-order valence-corrected chi connectivity index (χ1v) is 9.74. The molecular weight excluding hydrogens is 328 g/mol. The van der Waals surface area contributed by atoms with E-state index in [1.807, 2.05) is 35.1 Å². The molecule has 0 spiro atoms. The standard InChI is InChI=1S/C17H24N2O4S/c1-14(2)19-13-16(12-18-19)11-15-5-7-17(8-6-15)22-9-4-10-23-24(3,20)21/h5-8,12-14H,4,9-11H2,1-3H3. The summed E-state index contributed by atoms with van der Waals surface area (Å²) in [4.78, 5) is 0. The Bertz CT molecular complexity index is 736. The lowest BCUT2D eigenvalue weighted by Crippen LogP contribution is -2.07. The van der Waals surface area contributed by atoms with Crippen LogP contribution in [0.25, 0.3) is 0 Å². The molecule has 0 N–H and O–H groups in total. The molecular formula is C17H24N2O4S. The summed E-state index contributed by atoms with van der Waals surface area (Å²) in [5, 5.41) is 4.34. The molecule has 0 unspecified atom stereocenters. The Morgan fingerprint density at radius 2 is 1.83 bits per heavy atom. The van der Waals surface area contributed by atoms with Crippen LogP contribution in [0.3, 0.4) is 0 Å². The van der Waals surface area contributed by atoms with Crippen LogP contribution in [0.2, 0.25) is 0 Å². The van der Waals surface area contributed by atoms with Crippen molar-refractivity contribution in [2.75, 3.05) is 19.5 Å². The van der Waals surface area contributed by atoms with Crippen molar-refractivity contribution in [3.05, 3.63) is 47.8 Å². The van der Waals surface area contributed by atoms with Crippen molar-refractivity contribution in [2.45, 2.75) is 32.7 Å². The van der Waals surface area contributed by atoms with E-state index >= 15 is 0 Å². The highest BCUT2D eigenvalue weighted by molar-refractivity contribution is 7.85. The molecule has 1 heterocycles. The van der Waals surface area contributed by atoms with Gasteiger partial charge in [-0.2, -0.15) is 13.5 Å². The molecule has 0 bridgehead atoms. The maximum atomic E-state index is 10.8. The van der Waals surface area contributed by atoms with Crippen LogP contribution >= 0.6 is 0 Å². The van der Waals surface area contributed by atoms with Crippen LogP contribution < -0.4 is 4.74 Å². The minimum absolute atomic E-state index is 0.136. The van der Waals surface area contributed by atoms with Gasteiger partial charge in [-0.05, 0) is 37.1 Å². The second-order valence-corrected chi connectivity index (χ2v) is 7.62. The molecule has 1 aromatic heterocycles. The minimum Gasteiger partial charge on any atom is -0.494 e. The fourth-order valence-corrected chi connectivity index (χ4v) is 2.57. The number of hydrogen-bond acceptors (Lipinski definition) is 5. The first-order chi connectivity index (χ1) is 11.3. The summed E-state index contributed by atoms with van der Waals surface area (Å²) in [6, 6.07) is 8.24. The third kappa shape index (κ3) is 6.33. The van der Waals surface area contributed by atoms with Gasteiger partial charge in [0.2, 0.25) is 0 Å². The fourth-order valence-electron chi connectivity index (χ4n) is 2.15. The topological polar surface area (TPSA) is 70.4 Å². The summed E-state index contributed by atoms with van der Waals surface area (Å²) in [7, 11) is -3.37. The number of aromatic nitrogens is 2. The predicted molar refractivity (Wildman–Crippen MR) is 92.8 cm³/mol. The number of ether oxygens (including phenoxy) is 1. The average molecular weight is 352 g/mol. The zero-order valence-corrected chi connectivity index (χ0v) is 15.1. The van der Waals surface area contributed by atoms with Crippen LogP contribution in [0.15, 0.2) is 36.7 Å². The molecule has 0 saturated carbocycles. The van der Waals surface area contributed by atoms with E-state index < -0.39 is 10.1 Å². The maximum Gasteiger partial charge on any atom is 0.264 e. The lowest BCUT2D eigenvalue weighted by Gasteiger charge is -2.07. The summed E-state index contributed by atoms with van der Waals surface area (Å²) >= 11 is 0. The summed E-state index contributed by atoms with van der Waals surface area (Å²) in [6.45, 7) is 4.75. The molecule has 1 aromatic carbocycles. The van der Waals surface area contributed by atoms with Gasteiger partial charge in [-0.3, -0.25) is 8.86 Å².